The van der Waals surface area contributed by atoms with Gasteiger partial charge in [-0.3, -0.25) is 0 Å². The van der Waals surface area contributed by atoms with Crippen LogP contribution in [0.3, 0.4) is 0 Å². The maximum absolute atomic E-state index is 12.9. The molecule has 1 aliphatic heterocycles. The predicted octanol–water partition coefficient (Wildman–Crippen LogP) is 4.18. The Morgan fingerprint density at radius 3 is 2.48 bits per heavy atom. The summed E-state index contributed by atoms with van der Waals surface area (Å²) in [7, 11) is 0. The monoisotopic (exact) mass is 346 g/mol. The van der Waals surface area contributed by atoms with Crippen molar-refractivity contribution in [2.45, 2.75) is 37.0 Å². The van der Waals surface area contributed by atoms with Crippen LogP contribution < -0.4 is 10.6 Å². The van der Waals surface area contributed by atoms with Crippen molar-refractivity contribution >= 4 is 0 Å². The summed E-state index contributed by atoms with van der Waals surface area (Å²) in [6.07, 6.45) is -1.99. The van der Waals surface area contributed by atoms with E-state index in [1.54, 1.807) is 6.07 Å². The van der Waals surface area contributed by atoms with E-state index in [1.807, 2.05) is 12.1 Å². The standard InChI is InChI=1S/C20H21F3N2/c21-20(22,23)16-3-1-2-15(10-16)13-4-6-14(7-5-13)18-11-19(18)25-17-8-9-24-12-17/h1-7,10,17-19,24-25H,8-9,11-12H2/t17?,18-,19?/m1/s1. The molecule has 4 rings (SSSR count). The van der Waals surface area contributed by atoms with Crippen LogP contribution in [0.1, 0.15) is 29.9 Å². The van der Waals surface area contributed by atoms with Crippen molar-refractivity contribution < 1.29 is 13.2 Å². The van der Waals surface area contributed by atoms with Crippen LogP contribution in [-0.4, -0.2) is 25.2 Å². The molecule has 3 atom stereocenters. The largest absolute Gasteiger partial charge is 0.416 e. The molecular weight excluding hydrogens is 325 g/mol. The number of halogens is 3. The third-order valence-electron chi connectivity index (χ3n) is 5.16. The summed E-state index contributed by atoms with van der Waals surface area (Å²) in [4.78, 5) is 0. The highest BCUT2D eigenvalue weighted by molar-refractivity contribution is 5.65. The maximum Gasteiger partial charge on any atom is 0.416 e. The zero-order valence-corrected chi connectivity index (χ0v) is 13.8. The Kier molecular flexibility index (Phi) is 4.29. The van der Waals surface area contributed by atoms with Gasteiger partial charge in [-0.15, -0.1) is 0 Å². The van der Waals surface area contributed by atoms with Gasteiger partial charge in [-0.2, -0.15) is 13.2 Å². The lowest BCUT2D eigenvalue weighted by atomic mass is 10.0. The van der Waals surface area contributed by atoms with Gasteiger partial charge in [0.15, 0.2) is 0 Å². The molecule has 0 radical (unpaired) electrons. The second-order valence-corrected chi connectivity index (χ2v) is 7.01. The summed E-state index contributed by atoms with van der Waals surface area (Å²) in [5.41, 5.74) is 2.08. The van der Waals surface area contributed by atoms with E-state index in [0.717, 1.165) is 31.1 Å². The van der Waals surface area contributed by atoms with Crippen molar-refractivity contribution in [2.75, 3.05) is 13.1 Å². The minimum absolute atomic E-state index is 0.524. The van der Waals surface area contributed by atoms with E-state index in [2.05, 4.69) is 22.8 Å². The minimum Gasteiger partial charge on any atom is -0.315 e. The molecule has 1 aliphatic carbocycles. The van der Waals surface area contributed by atoms with E-state index < -0.39 is 11.7 Å². The van der Waals surface area contributed by atoms with Gasteiger partial charge in [-0.1, -0.05) is 36.4 Å². The summed E-state index contributed by atoms with van der Waals surface area (Å²) in [6.45, 7) is 2.12. The third kappa shape index (κ3) is 3.72. The van der Waals surface area contributed by atoms with Crippen LogP contribution in [-0.2, 0) is 6.18 Å². The van der Waals surface area contributed by atoms with Gasteiger partial charge in [0.25, 0.3) is 0 Å². The third-order valence-corrected chi connectivity index (χ3v) is 5.16. The van der Waals surface area contributed by atoms with Gasteiger partial charge in [0, 0.05) is 24.5 Å². The highest BCUT2D eigenvalue weighted by atomic mass is 19.4. The maximum atomic E-state index is 12.9. The smallest absolute Gasteiger partial charge is 0.315 e. The predicted molar refractivity (Wildman–Crippen MR) is 92.4 cm³/mol. The van der Waals surface area contributed by atoms with E-state index in [9.17, 15) is 13.2 Å². The minimum atomic E-state index is -4.31. The molecule has 0 bridgehead atoms. The van der Waals surface area contributed by atoms with Crippen LogP contribution in [0.15, 0.2) is 48.5 Å². The number of hydrogen-bond donors (Lipinski definition) is 2. The Bertz CT molecular complexity index is 733. The van der Waals surface area contributed by atoms with Gasteiger partial charge >= 0.3 is 6.18 Å². The van der Waals surface area contributed by atoms with Gasteiger partial charge in [-0.25, -0.2) is 0 Å². The molecule has 1 heterocycles. The SMILES string of the molecule is FC(F)(F)c1cccc(-c2ccc([C@H]3CC3NC3CCNC3)cc2)c1. The average Bonchev–Trinajstić information content (AvgIpc) is 3.17. The Hall–Kier alpha value is -1.85. The molecule has 5 heteroatoms. The zero-order chi connectivity index (χ0) is 17.4. The van der Waals surface area contributed by atoms with Crippen molar-refractivity contribution in [1.82, 2.24) is 10.6 Å². The van der Waals surface area contributed by atoms with Gasteiger partial charge in [0.2, 0.25) is 0 Å². The van der Waals surface area contributed by atoms with E-state index in [4.69, 9.17) is 0 Å². The fourth-order valence-corrected chi connectivity index (χ4v) is 3.65. The first kappa shape index (κ1) is 16.6. The number of nitrogens with one attached hydrogen (secondary N) is 2. The van der Waals surface area contributed by atoms with E-state index in [1.165, 1.54) is 24.1 Å². The molecule has 0 spiro atoms. The summed E-state index contributed by atoms with van der Waals surface area (Å²) < 4.78 is 38.6. The molecule has 0 amide bonds. The fourth-order valence-electron chi connectivity index (χ4n) is 3.65. The number of hydrogen-bond acceptors (Lipinski definition) is 2. The van der Waals surface area contributed by atoms with E-state index in [0.29, 0.717) is 23.6 Å². The molecule has 1 saturated carbocycles. The molecular formula is C20H21F3N2. The topological polar surface area (TPSA) is 24.1 Å². The molecule has 2 fully saturated rings. The van der Waals surface area contributed by atoms with Crippen molar-refractivity contribution in [2.24, 2.45) is 0 Å². The average molecular weight is 346 g/mol. The van der Waals surface area contributed by atoms with Crippen molar-refractivity contribution in [1.29, 1.82) is 0 Å². The molecule has 2 aromatic rings. The Morgan fingerprint density at radius 2 is 1.80 bits per heavy atom. The molecule has 2 aliphatic rings. The molecule has 2 N–H and O–H groups in total. The fraction of sp³-hybridized carbons (Fsp3) is 0.400. The van der Waals surface area contributed by atoms with Crippen molar-refractivity contribution in [3.63, 3.8) is 0 Å². The molecule has 132 valence electrons. The summed E-state index contributed by atoms with van der Waals surface area (Å²) in [5, 5.41) is 7.04. The molecule has 2 nitrogen and oxygen atoms in total. The molecule has 25 heavy (non-hydrogen) atoms. The summed E-state index contributed by atoms with van der Waals surface area (Å²) in [6, 6.07) is 14.6. The van der Waals surface area contributed by atoms with Gasteiger partial charge in [0.05, 0.1) is 5.56 Å². The lowest BCUT2D eigenvalue weighted by Crippen LogP contribution is -2.33. The lowest BCUT2D eigenvalue weighted by molar-refractivity contribution is -0.137. The zero-order valence-electron chi connectivity index (χ0n) is 13.8. The highest BCUT2D eigenvalue weighted by Gasteiger charge is 2.39. The van der Waals surface area contributed by atoms with Crippen LogP contribution in [0.4, 0.5) is 13.2 Å². The molecule has 1 saturated heterocycles. The Morgan fingerprint density at radius 1 is 1.00 bits per heavy atom. The molecule has 2 aromatic carbocycles. The van der Waals surface area contributed by atoms with Gasteiger partial charge in [-0.05, 0) is 48.2 Å². The first-order chi connectivity index (χ1) is 12.0. The van der Waals surface area contributed by atoms with Gasteiger partial charge in [0.1, 0.15) is 0 Å². The Labute approximate surface area is 145 Å². The second kappa shape index (κ2) is 6.46. The second-order valence-electron chi connectivity index (χ2n) is 7.01. The number of benzene rings is 2. The lowest BCUT2D eigenvalue weighted by Gasteiger charge is -2.11. The number of alkyl halides is 3. The van der Waals surface area contributed by atoms with E-state index >= 15 is 0 Å². The number of rotatable bonds is 4. The first-order valence-electron chi connectivity index (χ1n) is 8.75. The van der Waals surface area contributed by atoms with E-state index in [-0.39, 0.29) is 0 Å². The summed E-state index contributed by atoms with van der Waals surface area (Å²) in [5.74, 6) is 0.524. The van der Waals surface area contributed by atoms with Crippen molar-refractivity contribution in [3.05, 3.63) is 59.7 Å². The van der Waals surface area contributed by atoms with Crippen LogP contribution in [0.5, 0.6) is 0 Å². The Balaban J connectivity index is 1.44. The van der Waals surface area contributed by atoms with Crippen LogP contribution in [0.25, 0.3) is 11.1 Å². The normalized spacial score (nSPS) is 26.0. The summed E-state index contributed by atoms with van der Waals surface area (Å²) >= 11 is 0. The van der Waals surface area contributed by atoms with Crippen LogP contribution in [0, 0.1) is 0 Å². The molecule has 0 aromatic heterocycles. The van der Waals surface area contributed by atoms with Crippen molar-refractivity contribution in [3.8, 4) is 11.1 Å². The van der Waals surface area contributed by atoms with Gasteiger partial charge < -0.3 is 10.6 Å². The molecule has 2 unspecified atom stereocenters. The quantitative estimate of drug-likeness (QED) is 0.868. The first-order valence-corrected chi connectivity index (χ1v) is 8.75. The van der Waals surface area contributed by atoms with Crippen LogP contribution in [0.2, 0.25) is 0 Å². The van der Waals surface area contributed by atoms with Crippen LogP contribution >= 0.6 is 0 Å². The highest BCUT2D eigenvalue weighted by Crippen LogP contribution is 2.42.